The van der Waals surface area contributed by atoms with Crippen molar-refractivity contribution in [3.8, 4) is 0 Å². The van der Waals surface area contributed by atoms with Gasteiger partial charge in [0.2, 0.25) is 11.8 Å². The highest BCUT2D eigenvalue weighted by molar-refractivity contribution is 8.00. The number of aromatic nitrogens is 2. The molecule has 6 nitrogen and oxygen atoms in total. The fourth-order valence-corrected chi connectivity index (χ4v) is 5.21. The minimum atomic E-state index is -0.0512. The number of oxazole rings is 1. The summed E-state index contributed by atoms with van der Waals surface area (Å²) in [6.45, 7) is 12.9. The third-order valence-electron chi connectivity index (χ3n) is 5.29. The summed E-state index contributed by atoms with van der Waals surface area (Å²) in [5.74, 6) is 2.20. The van der Waals surface area contributed by atoms with Gasteiger partial charge in [0.1, 0.15) is 5.76 Å². The highest BCUT2D eigenvalue weighted by Crippen LogP contribution is 2.32. The normalized spacial score (nSPS) is 11.6. The van der Waals surface area contributed by atoms with E-state index in [9.17, 15) is 4.79 Å². The maximum atomic E-state index is 12.4. The van der Waals surface area contributed by atoms with Crippen LogP contribution in [-0.2, 0) is 22.4 Å². The van der Waals surface area contributed by atoms with Crippen LogP contribution in [0, 0.1) is 0 Å². The molecule has 1 N–H and O–H groups in total. The average Bonchev–Trinajstić information content (AvgIpc) is 3.46. The van der Waals surface area contributed by atoms with Gasteiger partial charge in [-0.1, -0.05) is 58.1 Å². The van der Waals surface area contributed by atoms with E-state index in [-0.39, 0.29) is 11.3 Å². The van der Waals surface area contributed by atoms with Gasteiger partial charge < -0.3 is 14.6 Å². The first-order valence-corrected chi connectivity index (χ1v) is 13.8. The molecule has 0 fully saturated rings. The van der Waals surface area contributed by atoms with Crippen LogP contribution < -0.4 is 10.2 Å². The lowest BCUT2D eigenvalue weighted by atomic mass is 9.94. The molecule has 0 aliphatic rings. The number of nitrogens with one attached hydrogen (secondary N) is 1. The molecule has 0 saturated carbocycles. The second kappa shape index (κ2) is 12.4. The SMILES string of the molecule is CCCN(CCC)c1ccc(CCC(=O)Nc2ncc(SCc3ncc(C(C)(C)C)o3)s2)cc1. The monoisotopic (exact) mass is 500 g/mol. The van der Waals surface area contributed by atoms with Crippen LogP contribution in [0.2, 0.25) is 0 Å². The molecule has 0 aliphatic carbocycles. The van der Waals surface area contributed by atoms with E-state index in [2.05, 4.69) is 79.1 Å². The number of thioether (sulfide) groups is 1. The minimum absolute atomic E-state index is 0.0175. The summed E-state index contributed by atoms with van der Waals surface area (Å²) >= 11 is 3.08. The van der Waals surface area contributed by atoms with Crippen molar-refractivity contribution in [1.82, 2.24) is 9.97 Å². The van der Waals surface area contributed by atoms with Crippen LogP contribution >= 0.6 is 23.1 Å². The van der Waals surface area contributed by atoms with Crippen molar-refractivity contribution in [3.05, 3.63) is 53.9 Å². The second-order valence-corrected chi connectivity index (χ2v) is 11.6. The largest absolute Gasteiger partial charge is 0.444 e. The Labute approximate surface area is 211 Å². The van der Waals surface area contributed by atoms with Crippen molar-refractivity contribution in [2.45, 2.75) is 75.7 Å². The maximum absolute atomic E-state index is 12.4. The van der Waals surface area contributed by atoms with Crippen LogP contribution in [0.25, 0.3) is 0 Å². The second-order valence-electron chi connectivity index (χ2n) is 9.34. The van der Waals surface area contributed by atoms with Crippen molar-refractivity contribution >= 4 is 39.8 Å². The third-order valence-corrected chi connectivity index (χ3v) is 7.38. The summed E-state index contributed by atoms with van der Waals surface area (Å²) in [6.07, 6.45) is 7.00. The molecule has 3 rings (SSSR count). The molecule has 3 aromatic rings. The van der Waals surface area contributed by atoms with Gasteiger partial charge in [-0.2, -0.15) is 0 Å². The third kappa shape index (κ3) is 7.87. The number of nitrogens with zero attached hydrogens (tertiary/aromatic N) is 3. The molecule has 0 radical (unpaired) electrons. The van der Waals surface area contributed by atoms with Crippen LogP contribution in [0.4, 0.5) is 10.8 Å². The Kier molecular flexibility index (Phi) is 9.59. The highest BCUT2D eigenvalue weighted by atomic mass is 32.2. The molecule has 1 aromatic carbocycles. The van der Waals surface area contributed by atoms with Gasteiger partial charge in [-0.05, 0) is 37.0 Å². The topological polar surface area (TPSA) is 71.3 Å². The van der Waals surface area contributed by atoms with E-state index in [1.165, 1.54) is 22.6 Å². The van der Waals surface area contributed by atoms with Gasteiger partial charge in [0.05, 0.1) is 22.4 Å². The molecule has 0 saturated heterocycles. The van der Waals surface area contributed by atoms with E-state index in [0.717, 1.165) is 35.9 Å². The van der Waals surface area contributed by atoms with Gasteiger partial charge in [-0.3, -0.25) is 4.79 Å². The minimum Gasteiger partial charge on any atom is -0.444 e. The lowest BCUT2D eigenvalue weighted by Gasteiger charge is -2.24. The number of hydrogen-bond donors (Lipinski definition) is 1. The van der Waals surface area contributed by atoms with Crippen LogP contribution in [0.3, 0.4) is 0 Å². The van der Waals surface area contributed by atoms with Gasteiger partial charge >= 0.3 is 0 Å². The summed E-state index contributed by atoms with van der Waals surface area (Å²) < 4.78 is 6.86. The lowest BCUT2D eigenvalue weighted by molar-refractivity contribution is -0.116. The van der Waals surface area contributed by atoms with Gasteiger partial charge in [-0.25, -0.2) is 9.97 Å². The zero-order valence-corrected chi connectivity index (χ0v) is 22.5. The number of thiazole rings is 1. The molecule has 1 amide bonds. The van der Waals surface area contributed by atoms with Gasteiger partial charge in [0.15, 0.2) is 5.13 Å². The molecule has 2 aromatic heterocycles. The van der Waals surface area contributed by atoms with E-state index in [0.29, 0.717) is 29.6 Å². The first-order chi connectivity index (χ1) is 16.3. The van der Waals surface area contributed by atoms with E-state index in [1.54, 1.807) is 24.2 Å². The molecule has 2 heterocycles. The van der Waals surface area contributed by atoms with Crippen molar-refractivity contribution in [2.24, 2.45) is 0 Å². The number of benzene rings is 1. The number of hydrogen-bond acceptors (Lipinski definition) is 7. The highest BCUT2D eigenvalue weighted by Gasteiger charge is 2.19. The molecule has 0 unspecified atom stereocenters. The maximum Gasteiger partial charge on any atom is 0.226 e. The van der Waals surface area contributed by atoms with E-state index in [1.807, 2.05) is 0 Å². The molecule has 184 valence electrons. The Morgan fingerprint density at radius 1 is 1.09 bits per heavy atom. The predicted octanol–water partition coefficient (Wildman–Crippen LogP) is 6.92. The molecule has 34 heavy (non-hydrogen) atoms. The summed E-state index contributed by atoms with van der Waals surface area (Å²) in [7, 11) is 0. The van der Waals surface area contributed by atoms with Gasteiger partial charge in [-0.15, -0.1) is 11.8 Å². The number of carbonyl (C=O) groups is 1. The fraction of sp³-hybridized carbons (Fsp3) is 0.500. The number of aryl methyl sites for hydroxylation is 1. The summed E-state index contributed by atoms with van der Waals surface area (Å²) in [4.78, 5) is 23.6. The van der Waals surface area contributed by atoms with Crippen molar-refractivity contribution < 1.29 is 9.21 Å². The van der Waals surface area contributed by atoms with E-state index < -0.39 is 0 Å². The van der Waals surface area contributed by atoms with Crippen LogP contribution in [-0.4, -0.2) is 29.0 Å². The number of anilines is 2. The zero-order valence-electron chi connectivity index (χ0n) is 20.9. The molecular weight excluding hydrogens is 464 g/mol. The van der Waals surface area contributed by atoms with Crippen molar-refractivity contribution in [2.75, 3.05) is 23.3 Å². The standard InChI is InChI=1S/C26H36N4O2S2/c1-6-14-30(15-7-2)20-11-8-19(9-12-20)10-13-22(31)29-25-28-17-24(34-25)33-18-23-27-16-21(32-23)26(3,4)5/h8-9,11-12,16-17H,6-7,10,13-15,18H2,1-5H3,(H,28,29,31). The van der Waals surface area contributed by atoms with Crippen LogP contribution in [0.1, 0.15) is 71.1 Å². The summed E-state index contributed by atoms with van der Waals surface area (Å²) in [5.41, 5.74) is 2.37. The number of rotatable bonds is 12. The molecule has 0 bridgehead atoms. The summed E-state index contributed by atoms with van der Waals surface area (Å²) in [5, 5.41) is 3.55. The average molecular weight is 501 g/mol. The Hall–Kier alpha value is -2.32. The summed E-state index contributed by atoms with van der Waals surface area (Å²) in [6, 6.07) is 8.60. The number of amides is 1. The molecule has 0 aliphatic heterocycles. The Bertz CT molecular complexity index is 1030. The molecular formula is C26H36N4O2S2. The smallest absolute Gasteiger partial charge is 0.226 e. The predicted molar refractivity (Wildman–Crippen MR) is 143 cm³/mol. The quantitative estimate of drug-likeness (QED) is 0.272. The Morgan fingerprint density at radius 2 is 1.79 bits per heavy atom. The van der Waals surface area contributed by atoms with Crippen molar-refractivity contribution in [1.29, 1.82) is 0 Å². The van der Waals surface area contributed by atoms with E-state index in [4.69, 9.17) is 4.42 Å². The molecule has 8 heteroatoms. The lowest BCUT2D eigenvalue weighted by Crippen LogP contribution is -2.24. The molecule has 0 atom stereocenters. The number of carbonyl (C=O) groups excluding carboxylic acids is 1. The van der Waals surface area contributed by atoms with E-state index >= 15 is 0 Å². The first kappa shape index (κ1) is 26.3. The zero-order chi connectivity index (χ0) is 24.6. The van der Waals surface area contributed by atoms with Crippen LogP contribution in [0.15, 0.2) is 45.3 Å². The van der Waals surface area contributed by atoms with Gasteiger partial charge in [0, 0.05) is 30.6 Å². The molecule has 0 spiro atoms. The van der Waals surface area contributed by atoms with Crippen molar-refractivity contribution in [3.63, 3.8) is 0 Å². The van der Waals surface area contributed by atoms with Crippen LogP contribution in [0.5, 0.6) is 0 Å². The van der Waals surface area contributed by atoms with Gasteiger partial charge in [0.25, 0.3) is 0 Å². The fourth-order valence-electron chi connectivity index (χ4n) is 3.46. The Balaban J connectivity index is 1.44. The first-order valence-electron chi connectivity index (χ1n) is 12.0. The Morgan fingerprint density at radius 3 is 2.41 bits per heavy atom.